The first-order valence-corrected chi connectivity index (χ1v) is 4.60. The molecule has 10 nitrogen and oxygen atoms in total. The molecule has 0 heterocycles. The summed E-state index contributed by atoms with van der Waals surface area (Å²) in [7, 11) is 0. The Morgan fingerprint density at radius 3 is 1.78 bits per heavy atom. The van der Waals surface area contributed by atoms with Crippen LogP contribution in [0.1, 0.15) is 11.1 Å². The number of hydrogen-bond donors (Lipinski definition) is 0. The van der Waals surface area contributed by atoms with E-state index >= 15 is 0 Å². The third kappa shape index (κ3) is 2.31. The van der Waals surface area contributed by atoms with Gasteiger partial charge in [-0.15, -0.1) is 0 Å². The summed E-state index contributed by atoms with van der Waals surface area (Å²) in [6, 6.07) is 2.10. The highest BCUT2D eigenvalue weighted by molar-refractivity contribution is 5.63. The minimum atomic E-state index is -1.32. The van der Waals surface area contributed by atoms with E-state index in [1.165, 1.54) is 0 Å². The van der Waals surface area contributed by atoms with Crippen molar-refractivity contribution in [2.75, 3.05) is 5.12 Å². The number of nitro benzene ring substituents is 1. The van der Waals surface area contributed by atoms with E-state index in [0.717, 1.165) is 12.1 Å². The molecule has 0 spiro atoms. The summed E-state index contributed by atoms with van der Waals surface area (Å²) in [6.45, 7) is 3.11. The first-order chi connectivity index (χ1) is 8.25. The Balaban J connectivity index is 3.55. The van der Waals surface area contributed by atoms with E-state index in [9.17, 15) is 30.3 Å². The molecule has 10 heteroatoms. The molecule has 0 fully saturated rings. The Morgan fingerprint density at radius 1 is 0.944 bits per heavy atom. The molecule has 0 saturated heterocycles. The van der Waals surface area contributed by atoms with Gasteiger partial charge in [0.05, 0.1) is 4.92 Å². The van der Waals surface area contributed by atoms with Crippen LogP contribution in [0.4, 0.5) is 11.4 Å². The van der Waals surface area contributed by atoms with E-state index in [2.05, 4.69) is 0 Å². The molecule has 1 aromatic carbocycles. The lowest BCUT2D eigenvalue weighted by Crippen LogP contribution is -2.36. The van der Waals surface area contributed by atoms with E-state index in [4.69, 9.17) is 0 Å². The Labute approximate surface area is 99.8 Å². The topological polar surface area (TPSA) is 133 Å². The maximum Gasteiger partial charge on any atom is 0.305 e. The number of nitro groups is 3. The van der Waals surface area contributed by atoms with Crippen molar-refractivity contribution in [3.63, 3.8) is 0 Å². The second-order valence-corrected chi connectivity index (χ2v) is 3.45. The predicted molar refractivity (Wildman–Crippen MR) is 59.0 cm³/mol. The number of nitrogens with zero attached hydrogens (tertiary/aromatic N) is 4. The average molecular weight is 256 g/mol. The first-order valence-electron chi connectivity index (χ1n) is 4.60. The van der Waals surface area contributed by atoms with Gasteiger partial charge in [-0.25, -0.2) is 20.2 Å². The zero-order valence-electron chi connectivity index (χ0n) is 9.39. The Hall–Kier alpha value is -2.78. The fraction of sp³-hybridized carbons (Fsp3) is 0.250. The van der Waals surface area contributed by atoms with Crippen molar-refractivity contribution in [1.29, 1.82) is 0 Å². The van der Waals surface area contributed by atoms with Gasteiger partial charge in [-0.2, -0.15) is 0 Å². The van der Waals surface area contributed by atoms with Crippen LogP contribution in [0.2, 0.25) is 0 Å². The molecular weight excluding hydrogens is 248 g/mol. The van der Waals surface area contributed by atoms with Gasteiger partial charge in [0, 0.05) is 6.07 Å². The molecule has 96 valence electrons. The van der Waals surface area contributed by atoms with Gasteiger partial charge in [-0.1, -0.05) is 0 Å². The molecule has 0 amide bonds. The normalized spacial score (nSPS) is 9.89. The largest absolute Gasteiger partial charge is 0.305 e. The van der Waals surface area contributed by atoms with E-state index in [0.29, 0.717) is 11.1 Å². The number of anilines is 1. The minimum Gasteiger partial charge on any atom is -0.258 e. The fourth-order valence-electron chi connectivity index (χ4n) is 1.33. The summed E-state index contributed by atoms with van der Waals surface area (Å²) in [5.74, 6) is 0. The van der Waals surface area contributed by atoms with E-state index in [1.54, 1.807) is 13.8 Å². The number of rotatable bonds is 4. The fourth-order valence-corrected chi connectivity index (χ4v) is 1.33. The number of hydrazine groups is 2. The summed E-state index contributed by atoms with van der Waals surface area (Å²) in [6.07, 6.45) is 0. The van der Waals surface area contributed by atoms with E-state index in [-0.39, 0.29) is 0 Å². The van der Waals surface area contributed by atoms with Crippen molar-refractivity contribution < 1.29 is 15.0 Å². The first kappa shape index (κ1) is 13.3. The van der Waals surface area contributed by atoms with Crippen LogP contribution in [-0.4, -0.2) is 15.0 Å². The summed E-state index contributed by atoms with van der Waals surface area (Å²) >= 11 is 0. The van der Waals surface area contributed by atoms with Crippen molar-refractivity contribution in [1.82, 2.24) is 0 Å². The molecule has 18 heavy (non-hydrogen) atoms. The molecular formula is C8H8N4O6. The van der Waals surface area contributed by atoms with Gasteiger partial charge in [-0.3, -0.25) is 10.1 Å². The molecule has 0 saturated carbocycles. The third-order valence-electron chi connectivity index (χ3n) is 2.31. The van der Waals surface area contributed by atoms with Crippen LogP contribution < -0.4 is 5.12 Å². The van der Waals surface area contributed by atoms with Crippen molar-refractivity contribution in [2.45, 2.75) is 13.8 Å². The zero-order valence-corrected chi connectivity index (χ0v) is 9.39. The SMILES string of the molecule is Cc1cc(N([N+](=O)[O-])[N+](=O)[O-])c([N+](=O)[O-])cc1C. The lowest BCUT2D eigenvalue weighted by Gasteiger charge is -2.07. The highest BCUT2D eigenvalue weighted by Gasteiger charge is 2.37. The molecule has 0 bridgehead atoms. The van der Waals surface area contributed by atoms with Gasteiger partial charge in [0.25, 0.3) is 5.69 Å². The molecule has 0 aromatic heterocycles. The molecule has 0 atom stereocenters. The van der Waals surface area contributed by atoms with Crippen molar-refractivity contribution in [2.24, 2.45) is 0 Å². The van der Waals surface area contributed by atoms with Crippen molar-refractivity contribution >= 4 is 11.4 Å². The van der Waals surface area contributed by atoms with Crippen LogP contribution in [0.25, 0.3) is 0 Å². The molecule has 0 N–H and O–H groups in total. The third-order valence-corrected chi connectivity index (χ3v) is 2.31. The van der Waals surface area contributed by atoms with Crippen molar-refractivity contribution in [3.05, 3.63) is 53.6 Å². The molecule has 0 radical (unpaired) electrons. The van der Waals surface area contributed by atoms with E-state index in [1.807, 2.05) is 0 Å². The zero-order chi connectivity index (χ0) is 14.0. The van der Waals surface area contributed by atoms with Gasteiger partial charge in [-0.05, 0) is 31.0 Å². The van der Waals surface area contributed by atoms with Crippen LogP contribution in [0.5, 0.6) is 0 Å². The molecule has 0 aliphatic rings. The van der Waals surface area contributed by atoms with Gasteiger partial charge >= 0.3 is 5.69 Å². The Morgan fingerprint density at radius 2 is 1.39 bits per heavy atom. The quantitative estimate of drug-likeness (QED) is 0.587. The molecule has 0 aliphatic carbocycles. The lowest BCUT2D eigenvalue weighted by molar-refractivity contribution is -0.712. The van der Waals surface area contributed by atoms with Crippen LogP contribution in [0.15, 0.2) is 12.1 Å². The maximum atomic E-state index is 10.8. The lowest BCUT2D eigenvalue weighted by atomic mass is 10.1. The summed E-state index contributed by atoms with van der Waals surface area (Å²) < 4.78 is 0. The maximum absolute atomic E-state index is 10.8. The Bertz CT molecular complexity index is 529. The molecule has 0 unspecified atom stereocenters. The summed E-state index contributed by atoms with van der Waals surface area (Å²) in [4.78, 5) is 31.0. The Kier molecular flexibility index (Phi) is 3.40. The van der Waals surface area contributed by atoms with Crippen LogP contribution in [-0.2, 0) is 0 Å². The number of aryl methyl sites for hydroxylation is 2. The average Bonchev–Trinajstić information content (AvgIpc) is 2.21. The van der Waals surface area contributed by atoms with Gasteiger partial charge in [0.2, 0.25) is 15.2 Å². The highest BCUT2D eigenvalue weighted by atomic mass is 16.8. The number of benzene rings is 1. The van der Waals surface area contributed by atoms with E-state index < -0.39 is 31.5 Å². The monoisotopic (exact) mass is 256 g/mol. The second kappa shape index (κ2) is 4.61. The van der Waals surface area contributed by atoms with Crippen LogP contribution in [0.3, 0.4) is 0 Å². The molecule has 1 aromatic rings. The minimum absolute atomic E-state index is 0.468. The number of hydrogen-bond acceptors (Lipinski definition) is 6. The summed E-state index contributed by atoms with van der Waals surface area (Å²) in [5.41, 5.74) is -0.383. The predicted octanol–water partition coefficient (Wildman–Crippen LogP) is 1.40. The standard InChI is InChI=1S/C8H8N4O6/c1-5-3-7(9(11(15)16)12(17)18)8(10(13)14)4-6(5)2/h3-4H,1-2H3. The summed E-state index contributed by atoms with van der Waals surface area (Å²) in [5, 5.41) is 28.8. The van der Waals surface area contributed by atoms with Gasteiger partial charge < -0.3 is 0 Å². The highest BCUT2D eigenvalue weighted by Crippen LogP contribution is 2.31. The van der Waals surface area contributed by atoms with Crippen LogP contribution >= 0.6 is 0 Å². The van der Waals surface area contributed by atoms with Gasteiger partial charge in [0.1, 0.15) is 0 Å². The smallest absolute Gasteiger partial charge is 0.258 e. The molecule has 1 rings (SSSR count). The molecule has 0 aliphatic heterocycles. The van der Waals surface area contributed by atoms with Gasteiger partial charge in [0.15, 0.2) is 0 Å². The van der Waals surface area contributed by atoms with Crippen molar-refractivity contribution in [3.8, 4) is 0 Å². The second-order valence-electron chi connectivity index (χ2n) is 3.45. The van der Waals surface area contributed by atoms with Crippen LogP contribution in [0, 0.1) is 44.2 Å².